The Kier molecular flexibility index (Phi) is 7.12. The Morgan fingerprint density at radius 1 is 1.00 bits per heavy atom. The van der Waals surface area contributed by atoms with Crippen LogP contribution in [-0.2, 0) is 0 Å². The minimum atomic E-state index is -0.169. The van der Waals surface area contributed by atoms with Crippen molar-refractivity contribution in [2.75, 3.05) is 64.1 Å². The molecule has 2 N–H and O–H groups in total. The summed E-state index contributed by atoms with van der Waals surface area (Å²) in [4.78, 5) is 19.4. The third-order valence-electron chi connectivity index (χ3n) is 5.54. The van der Waals surface area contributed by atoms with E-state index in [0.29, 0.717) is 6.54 Å². The second-order valence-electron chi connectivity index (χ2n) is 8.04. The van der Waals surface area contributed by atoms with E-state index in [1.807, 2.05) is 45.3 Å². The van der Waals surface area contributed by atoms with Crippen LogP contribution in [0, 0.1) is 6.92 Å². The van der Waals surface area contributed by atoms with Gasteiger partial charge in [0.1, 0.15) is 0 Å². The lowest BCUT2D eigenvalue weighted by Crippen LogP contribution is -2.48. The molecule has 2 aromatic carbocycles. The van der Waals surface area contributed by atoms with Crippen LogP contribution in [0.2, 0.25) is 0 Å². The molecule has 1 fully saturated rings. The lowest BCUT2D eigenvalue weighted by atomic mass is 10.0. The average molecular weight is 396 g/mol. The van der Waals surface area contributed by atoms with Crippen LogP contribution in [0.4, 0.5) is 16.2 Å². The summed E-state index contributed by atoms with van der Waals surface area (Å²) in [7, 11) is 6.25. The maximum Gasteiger partial charge on any atom is 0.319 e. The van der Waals surface area contributed by atoms with Gasteiger partial charge in [-0.05, 0) is 43.8 Å². The second kappa shape index (κ2) is 9.76. The van der Waals surface area contributed by atoms with Gasteiger partial charge in [0.05, 0.1) is 6.04 Å². The predicted octanol–water partition coefficient (Wildman–Crippen LogP) is 3.17. The number of likely N-dealkylation sites (N-methyl/N-ethyl adjacent to an activating group) is 1. The molecule has 2 aromatic rings. The highest BCUT2D eigenvalue weighted by molar-refractivity contribution is 5.89. The van der Waals surface area contributed by atoms with Crippen LogP contribution in [0.15, 0.2) is 48.5 Å². The quantitative estimate of drug-likeness (QED) is 0.789. The monoisotopic (exact) mass is 395 g/mol. The van der Waals surface area contributed by atoms with Crippen LogP contribution >= 0.6 is 0 Å². The van der Waals surface area contributed by atoms with Gasteiger partial charge in [0.15, 0.2) is 0 Å². The number of amides is 2. The zero-order valence-corrected chi connectivity index (χ0v) is 18.0. The molecule has 0 bridgehead atoms. The van der Waals surface area contributed by atoms with Crippen molar-refractivity contribution in [2.24, 2.45) is 0 Å². The molecule has 0 spiro atoms. The first-order chi connectivity index (χ1) is 13.9. The van der Waals surface area contributed by atoms with Crippen LogP contribution in [0.1, 0.15) is 17.2 Å². The highest BCUT2D eigenvalue weighted by atomic mass is 16.2. The Labute approximate surface area is 174 Å². The zero-order valence-electron chi connectivity index (χ0n) is 18.0. The van der Waals surface area contributed by atoms with E-state index in [4.69, 9.17) is 0 Å². The van der Waals surface area contributed by atoms with E-state index in [1.165, 1.54) is 16.8 Å². The number of benzene rings is 2. The number of carbonyl (C=O) groups is 1. The summed E-state index contributed by atoms with van der Waals surface area (Å²) in [5.74, 6) is 0. The van der Waals surface area contributed by atoms with E-state index in [9.17, 15) is 4.79 Å². The number of carbonyl (C=O) groups excluding carboxylic acids is 1. The van der Waals surface area contributed by atoms with E-state index in [0.717, 1.165) is 31.9 Å². The molecule has 0 unspecified atom stereocenters. The predicted molar refractivity (Wildman–Crippen MR) is 121 cm³/mol. The van der Waals surface area contributed by atoms with Crippen LogP contribution < -0.4 is 15.5 Å². The Morgan fingerprint density at radius 2 is 1.62 bits per heavy atom. The van der Waals surface area contributed by atoms with Crippen molar-refractivity contribution in [3.63, 3.8) is 0 Å². The third kappa shape index (κ3) is 5.95. The van der Waals surface area contributed by atoms with Crippen LogP contribution in [0.5, 0.6) is 0 Å². The molecule has 6 nitrogen and oxygen atoms in total. The number of urea groups is 1. The average Bonchev–Trinajstić information content (AvgIpc) is 2.71. The maximum absolute atomic E-state index is 12.5. The minimum absolute atomic E-state index is 0.156. The normalized spacial score (nSPS) is 16.3. The van der Waals surface area contributed by atoms with Crippen molar-refractivity contribution in [3.05, 3.63) is 59.7 Å². The number of hydrogen-bond donors (Lipinski definition) is 2. The van der Waals surface area contributed by atoms with E-state index >= 15 is 0 Å². The van der Waals surface area contributed by atoms with E-state index in [2.05, 4.69) is 56.6 Å². The van der Waals surface area contributed by atoms with Gasteiger partial charge in [-0.3, -0.25) is 4.90 Å². The van der Waals surface area contributed by atoms with E-state index < -0.39 is 0 Å². The van der Waals surface area contributed by atoms with Crippen molar-refractivity contribution in [1.82, 2.24) is 15.1 Å². The molecule has 0 saturated carbocycles. The highest BCUT2D eigenvalue weighted by Gasteiger charge is 2.24. The van der Waals surface area contributed by atoms with Gasteiger partial charge >= 0.3 is 6.03 Å². The van der Waals surface area contributed by atoms with Gasteiger partial charge in [0.25, 0.3) is 0 Å². The largest absolute Gasteiger partial charge is 0.378 e. The number of anilines is 2. The lowest BCUT2D eigenvalue weighted by molar-refractivity contribution is 0.111. The van der Waals surface area contributed by atoms with Gasteiger partial charge in [-0.2, -0.15) is 0 Å². The van der Waals surface area contributed by atoms with Crippen molar-refractivity contribution >= 4 is 17.4 Å². The molecule has 0 aromatic heterocycles. The number of aryl methyl sites for hydroxylation is 1. The number of nitrogens with zero attached hydrogens (tertiary/aromatic N) is 3. The molecule has 29 heavy (non-hydrogen) atoms. The molecule has 1 aliphatic rings. The molecule has 0 aliphatic carbocycles. The molecule has 0 radical (unpaired) electrons. The van der Waals surface area contributed by atoms with Gasteiger partial charge in [0, 0.05) is 58.2 Å². The summed E-state index contributed by atoms with van der Waals surface area (Å²) >= 11 is 0. The minimum Gasteiger partial charge on any atom is -0.378 e. The Hall–Kier alpha value is -2.57. The lowest BCUT2D eigenvalue weighted by Gasteiger charge is -2.38. The third-order valence-corrected chi connectivity index (χ3v) is 5.54. The van der Waals surface area contributed by atoms with E-state index in [-0.39, 0.29) is 12.1 Å². The van der Waals surface area contributed by atoms with Gasteiger partial charge in [0.2, 0.25) is 0 Å². The topological polar surface area (TPSA) is 50.9 Å². The maximum atomic E-state index is 12.5. The fourth-order valence-electron chi connectivity index (χ4n) is 3.59. The first-order valence-corrected chi connectivity index (χ1v) is 10.2. The number of piperazine rings is 1. The van der Waals surface area contributed by atoms with E-state index in [1.54, 1.807) is 0 Å². The smallest absolute Gasteiger partial charge is 0.319 e. The fraction of sp³-hybridized carbons (Fsp3) is 0.435. The van der Waals surface area contributed by atoms with Crippen molar-refractivity contribution in [2.45, 2.75) is 13.0 Å². The zero-order chi connectivity index (χ0) is 20.8. The van der Waals surface area contributed by atoms with Crippen molar-refractivity contribution in [3.8, 4) is 0 Å². The molecule has 2 amide bonds. The molecule has 1 saturated heterocycles. The highest BCUT2D eigenvalue weighted by Crippen LogP contribution is 2.24. The van der Waals surface area contributed by atoms with Crippen LogP contribution in [0.3, 0.4) is 0 Å². The Morgan fingerprint density at radius 3 is 2.21 bits per heavy atom. The van der Waals surface area contributed by atoms with Crippen LogP contribution in [-0.4, -0.2) is 69.7 Å². The molecule has 6 heteroatoms. The molecule has 1 heterocycles. The van der Waals surface area contributed by atoms with Crippen LogP contribution in [0.25, 0.3) is 0 Å². The number of rotatable bonds is 6. The summed E-state index contributed by atoms with van der Waals surface area (Å²) < 4.78 is 0. The number of hydrogen-bond acceptors (Lipinski definition) is 4. The summed E-state index contributed by atoms with van der Waals surface area (Å²) in [6, 6.07) is 16.5. The molecule has 1 atom stereocenters. The number of nitrogens with one attached hydrogen (secondary N) is 2. The Balaban J connectivity index is 1.67. The summed E-state index contributed by atoms with van der Waals surface area (Å²) in [6.45, 7) is 6.69. The van der Waals surface area contributed by atoms with Gasteiger partial charge < -0.3 is 20.4 Å². The standard InChI is InChI=1S/C23H33N5O/c1-18-5-9-20(10-6-18)25-23(29)24-17-22(28-15-13-27(4)14-16-28)19-7-11-21(12-8-19)26(2)3/h5-12,22H,13-17H2,1-4H3,(H2,24,25,29)/t22-/m0/s1. The summed E-state index contributed by atoms with van der Waals surface area (Å²) in [5, 5.41) is 6.00. The van der Waals surface area contributed by atoms with Gasteiger partial charge in [-0.1, -0.05) is 29.8 Å². The molecular weight excluding hydrogens is 362 g/mol. The molecular formula is C23H33N5O. The molecule has 3 rings (SSSR count). The Bertz CT molecular complexity index is 780. The van der Waals surface area contributed by atoms with Gasteiger partial charge in [-0.15, -0.1) is 0 Å². The summed E-state index contributed by atoms with van der Waals surface area (Å²) in [6.07, 6.45) is 0. The first kappa shape index (κ1) is 21.1. The summed E-state index contributed by atoms with van der Waals surface area (Å²) in [5.41, 5.74) is 4.39. The SMILES string of the molecule is Cc1ccc(NC(=O)NC[C@@H](c2ccc(N(C)C)cc2)N2CCN(C)CC2)cc1. The first-order valence-electron chi connectivity index (χ1n) is 10.2. The molecule has 1 aliphatic heterocycles. The fourth-order valence-corrected chi connectivity index (χ4v) is 3.59. The van der Waals surface area contributed by atoms with Gasteiger partial charge in [-0.25, -0.2) is 4.79 Å². The van der Waals surface area contributed by atoms with Crippen molar-refractivity contribution < 1.29 is 4.79 Å². The second-order valence-corrected chi connectivity index (χ2v) is 8.04. The van der Waals surface area contributed by atoms with Crippen molar-refractivity contribution in [1.29, 1.82) is 0 Å². The molecule has 156 valence electrons.